The Kier molecular flexibility index (Phi) is 4.09. The first-order chi connectivity index (χ1) is 14.4. The zero-order valence-electron chi connectivity index (χ0n) is 17.0. The molecular formula is C22H21N5O3. The van der Waals surface area contributed by atoms with Crippen LogP contribution < -0.4 is 10.1 Å². The number of carbonyl (C=O) groups excluding carboxylic acids is 1. The third kappa shape index (κ3) is 3.30. The number of aromatic nitrogens is 4. The largest absolute Gasteiger partial charge is 0.497 e. The Labute approximate surface area is 172 Å². The van der Waals surface area contributed by atoms with E-state index in [4.69, 9.17) is 9.15 Å². The molecule has 3 heterocycles. The highest BCUT2D eigenvalue weighted by atomic mass is 16.5. The summed E-state index contributed by atoms with van der Waals surface area (Å²) in [6.07, 6.45) is 5.41. The van der Waals surface area contributed by atoms with Crippen molar-refractivity contribution < 1.29 is 13.9 Å². The third-order valence-electron chi connectivity index (χ3n) is 5.32. The highest BCUT2D eigenvalue weighted by molar-refractivity contribution is 5.96. The molecule has 0 aliphatic heterocycles. The van der Waals surface area contributed by atoms with Gasteiger partial charge in [-0.25, -0.2) is 9.67 Å². The Bertz CT molecular complexity index is 1270. The summed E-state index contributed by atoms with van der Waals surface area (Å²) < 4.78 is 12.2. The van der Waals surface area contributed by atoms with Crippen LogP contribution in [0.25, 0.3) is 22.2 Å². The summed E-state index contributed by atoms with van der Waals surface area (Å²) in [7, 11) is 1.61. The monoisotopic (exact) mass is 403 g/mol. The summed E-state index contributed by atoms with van der Waals surface area (Å²) in [6.45, 7) is 3.98. The molecule has 8 nitrogen and oxygen atoms in total. The second-order valence-electron chi connectivity index (χ2n) is 7.87. The molecule has 3 aromatic heterocycles. The number of fused-ring (bicyclic) bond motifs is 1. The number of carbonyl (C=O) groups is 1. The number of nitrogens with one attached hydrogen (secondary N) is 1. The van der Waals surface area contributed by atoms with Gasteiger partial charge in [0.1, 0.15) is 17.3 Å². The fraction of sp³-hybridized carbons (Fsp3) is 0.273. The fourth-order valence-corrected chi connectivity index (χ4v) is 3.32. The van der Waals surface area contributed by atoms with Crippen LogP contribution in [0.4, 0.5) is 5.82 Å². The minimum Gasteiger partial charge on any atom is -0.497 e. The average Bonchev–Trinajstić information content (AvgIpc) is 3.14. The highest BCUT2D eigenvalue weighted by Gasteiger charge is 2.38. The molecule has 30 heavy (non-hydrogen) atoms. The third-order valence-corrected chi connectivity index (χ3v) is 5.32. The van der Waals surface area contributed by atoms with Gasteiger partial charge in [0.25, 0.3) is 0 Å². The van der Waals surface area contributed by atoms with Crippen molar-refractivity contribution in [1.29, 1.82) is 0 Å². The lowest BCUT2D eigenvalue weighted by atomic mass is 10.1. The van der Waals surface area contributed by atoms with Gasteiger partial charge in [-0.2, -0.15) is 10.1 Å². The van der Waals surface area contributed by atoms with Crippen LogP contribution in [0.3, 0.4) is 0 Å². The number of rotatable bonds is 5. The standard InChI is InChI=1S/C22H21N5O3/c1-13-9-17-18(26-22(2)7-8-22)24-19(25-20(17)30-13)21(28)27-12-15(11-23-27)14-5-4-6-16(10-14)29-3/h4-6,9-12H,7-8H2,1-3H3,(H,24,25,26). The molecule has 0 radical (unpaired) electrons. The van der Waals surface area contributed by atoms with Crippen molar-refractivity contribution in [3.05, 3.63) is 54.3 Å². The number of methoxy groups -OCH3 is 1. The Balaban J connectivity index is 1.51. The van der Waals surface area contributed by atoms with E-state index in [-0.39, 0.29) is 11.4 Å². The van der Waals surface area contributed by atoms with Gasteiger partial charge in [0.15, 0.2) is 0 Å². The predicted octanol–water partition coefficient (Wildman–Crippen LogP) is 4.06. The molecule has 0 amide bonds. The topological polar surface area (TPSA) is 95.1 Å². The van der Waals surface area contributed by atoms with Gasteiger partial charge < -0.3 is 14.5 Å². The lowest BCUT2D eigenvalue weighted by molar-refractivity contribution is 0.0934. The van der Waals surface area contributed by atoms with E-state index in [1.54, 1.807) is 19.5 Å². The maximum Gasteiger partial charge on any atom is 0.316 e. The lowest BCUT2D eigenvalue weighted by Crippen LogP contribution is -2.21. The number of benzene rings is 1. The van der Waals surface area contributed by atoms with Gasteiger partial charge in [-0.05, 0) is 50.5 Å². The lowest BCUT2D eigenvalue weighted by Gasteiger charge is -2.13. The predicted molar refractivity (Wildman–Crippen MR) is 112 cm³/mol. The molecule has 1 aromatic carbocycles. The Morgan fingerprint density at radius 1 is 1.23 bits per heavy atom. The number of hydrogen-bond donors (Lipinski definition) is 1. The summed E-state index contributed by atoms with van der Waals surface area (Å²) in [6, 6.07) is 9.45. The molecule has 8 heteroatoms. The van der Waals surface area contributed by atoms with Crippen LogP contribution in [0, 0.1) is 6.92 Å². The van der Waals surface area contributed by atoms with Crippen molar-refractivity contribution in [2.45, 2.75) is 32.2 Å². The van der Waals surface area contributed by atoms with Crippen LogP contribution in [0.5, 0.6) is 5.75 Å². The van der Waals surface area contributed by atoms with E-state index in [2.05, 4.69) is 27.3 Å². The molecule has 0 saturated heterocycles. The number of aryl methyl sites for hydroxylation is 1. The van der Waals surface area contributed by atoms with Crippen molar-refractivity contribution in [3.8, 4) is 16.9 Å². The summed E-state index contributed by atoms with van der Waals surface area (Å²) in [5.41, 5.74) is 2.08. The van der Waals surface area contributed by atoms with Crippen LogP contribution in [0.1, 0.15) is 36.1 Å². The first-order valence-corrected chi connectivity index (χ1v) is 9.74. The van der Waals surface area contributed by atoms with Gasteiger partial charge in [0.2, 0.25) is 11.5 Å². The van der Waals surface area contributed by atoms with Gasteiger partial charge in [0, 0.05) is 17.3 Å². The first kappa shape index (κ1) is 18.4. The van der Waals surface area contributed by atoms with Crippen LogP contribution in [-0.2, 0) is 0 Å². The van der Waals surface area contributed by atoms with Crippen LogP contribution in [0.2, 0.25) is 0 Å². The molecule has 5 rings (SSSR count). The van der Waals surface area contributed by atoms with Crippen molar-refractivity contribution in [2.24, 2.45) is 0 Å². The number of furan rings is 1. The quantitative estimate of drug-likeness (QED) is 0.537. The number of anilines is 1. The Morgan fingerprint density at radius 2 is 2.07 bits per heavy atom. The molecule has 4 aromatic rings. The van der Waals surface area contributed by atoms with Crippen LogP contribution in [-0.4, -0.2) is 38.3 Å². The van der Waals surface area contributed by atoms with Crippen LogP contribution >= 0.6 is 0 Å². The number of hydrogen-bond acceptors (Lipinski definition) is 7. The van der Waals surface area contributed by atoms with Crippen molar-refractivity contribution in [3.63, 3.8) is 0 Å². The molecule has 1 aliphatic carbocycles. The molecule has 1 N–H and O–H groups in total. The summed E-state index contributed by atoms with van der Waals surface area (Å²) in [5.74, 6) is 1.67. The number of nitrogens with zero attached hydrogens (tertiary/aromatic N) is 4. The zero-order valence-corrected chi connectivity index (χ0v) is 17.0. The first-order valence-electron chi connectivity index (χ1n) is 9.74. The fourth-order valence-electron chi connectivity index (χ4n) is 3.32. The molecule has 1 fully saturated rings. The molecule has 0 bridgehead atoms. The Morgan fingerprint density at radius 3 is 2.83 bits per heavy atom. The summed E-state index contributed by atoms with van der Waals surface area (Å²) in [5, 5.41) is 8.43. The molecule has 0 unspecified atom stereocenters. The van der Waals surface area contributed by atoms with E-state index in [1.165, 1.54) is 4.68 Å². The van der Waals surface area contributed by atoms with E-state index in [0.717, 1.165) is 35.1 Å². The molecule has 0 atom stereocenters. The zero-order chi connectivity index (χ0) is 20.9. The number of ether oxygens (including phenoxy) is 1. The van der Waals surface area contributed by atoms with Gasteiger partial charge >= 0.3 is 5.91 Å². The van der Waals surface area contributed by atoms with Gasteiger partial charge in [-0.15, -0.1) is 0 Å². The van der Waals surface area contributed by atoms with E-state index in [1.807, 2.05) is 37.3 Å². The van der Waals surface area contributed by atoms with Gasteiger partial charge in [0.05, 0.1) is 18.7 Å². The highest BCUT2D eigenvalue weighted by Crippen LogP contribution is 2.39. The Hall–Kier alpha value is -3.68. The second kappa shape index (κ2) is 6.69. The smallest absolute Gasteiger partial charge is 0.316 e. The second-order valence-corrected chi connectivity index (χ2v) is 7.87. The maximum atomic E-state index is 13.1. The van der Waals surface area contributed by atoms with E-state index >= 15 is 0 Å². The summed E-state index contributed by atoms with van der Waals surface area (Å²) in [4.78, 5) is 21.9. The maximum absolute atomic E-state index is 13.1. The molecule has 1 saturated carbocycles. The average molecular weight is 403 g/mol. The molecule has 152 valence electrons. The molecule has 1 aliphatic rings. The van der Waals surface area contributed by atoms with E-state index in [9.17, 15) is 4.79 Å². The molecule has 0 spiro atoms. The minimum atomic E-state index is -0.427. The normalized spacial score (nSPS) is 14.6. The van der Waals surface area contributed by atoms with Crippen molar-refractivity contribution >= 4 is 22.8 Å². The van der Waals surface area contributed by atoms with Gasteiger partial charge in [-0.3, -0.25) is 4.79 Å². The minimum absolute atomic E-state index is 0.00197. The van der Waals surface area contributed by atoms with Gasteiger partial charge in [-0.1, -0.05) is 12.1 Å². The SMILES string of the molecule is COc1cccc(-c2cnn(C(=O)c3nc(NC4(C)CC4)c4cc(C)oc4n3)c2)c1. The van der Waals surface area contributed by atoms with Crippen molar-refractivity contribution in [2.75, 3.05) is 12.4 Å². The molecular weight excluding hydrogens is 382 g/mol. The van der Waals surface area contributed by atoms with Crippen LogP contribution in [0.15, 0.2) is 47.1 Å². The van der Waals surface area contributed by atoms with E-state index < -0.39 is 5.91 Å². The van der Waals surface area contributed by atoms with E-state index in [0.29, 0.717) is 17.3 Å². The summed E-state index contributed by atoms with van der Waals surface area (Å²) >= 11 is 0. The van der Waals surface area contributed by atoms with Crippen molar-refractivity contribution in [1.82, 2.24) is 19.7 Å².